The number of benzene rings is 1. The first-order chi connectivity index (χ1) is 8.56. The van der Waals surface area contributed by atoms with Gasteiger partial charge in [0.15, 0.2) is 0 Å². The quantitative estimate of drug-likeness (QED) is 0.876. The number of carboxylic acids is 1. The highest BCUT2D eigenvalue weighted by Gasteiger charge is 2.19. The number of amides is 1. The fourth-order valence-corrected chi connectivity index (χ4v) is 3.11. The van der Waals surface area contributed by atoms with Crippen LogP contribution in [0, 0.1) is 6.92 Å². The van der Waals surface area contributed by atoms with E-state index >= 15 is 0 Å². The van der Waals surface area contributed by atoms with Crippen LogP contribution in [0.5, 0.6) is 0 Å². The number of rotatable bonds is 3. The van der Waals surface area contributed by atoms with Gasteiger partial charge in [0.05, 0.1) is 5.56 Å². The van der Waals surface area contributed by atoms with E-state index in [2.05, 4.69) is 5.32 Å². The van der Waals surface area contributed by atoms with E-state index in [1.807, 2.05) is 11.8 Å². The predicted molar refractivity (Wildman–Crippen MR) is 71.3 cm³/mol. The molecule has 1 aromatic rings. The van der Waals surface area contributed by atoms with Crippen LogP contribution in [-0.2, 0) is 0 Å². The van der Waals surface area contributed by atoms with E-state index in [0.717, 1.165) is 23.5 Å². The Hall–Kier alpha value is -1.49. The first-order valence-corrected chi connectivity index (χ1v) is 6.95. The zero-order valence-electron chi connectivity index (χ0n) is 10.1. The molecule has 2 N–H and O–H groups in total. The number of aromatic carboxylic acids is 1. The number of thioether (sulfide) groups is 1. The molecule has 1 unspecified atom stereocenters. The van der Waals surface area contributed by atoms with Crippen LogP contribution in [0.4, 0.5) is 0 Å². The van der Waals surface area contributed by atoms with Crippen molar-refractivity contribution in [3.63, 3.8) is 0 Å². The maximum Gasteiger partial charge on any atom is 0.335 e. The summed E-state index contributed by atoms with van der Waals surface area (Å²) >= 11 is 1.82. The Morgan fingerprint density at radius 3 is 2.67 bits per heavy atom. The number of carboxylic acid groups (broad SMARTS) is 1. The van der Waals surface area contributed by atoms with Crippen molar-refractivity contribution >= 4 is 23.6 Å². The first-order valence-electron chi connectivity index (χ1n) is 5.80. The molecule has 1 saturated heterocycles. The molecule has 18 heavy (non-hydrogen) atoms. The highest BCUT2D eigenvalue weighted by atomic mass is 32.2. The molecule has 4 nitrogen and oxygen atoms in total. The average Bonchev–Trinajstić information content (AvgIpc) is 2.80. The average molecular weight is 265 g/mol. The molecule has 0 radical (unpaired) electrons. The Morgan fingerprint density at radius 2 is 2.06 bits per heavy atom. The van der Waals surface area contributed by atoms with Gasteiger partial charge in [-0.1, -0.05) is 0 Å². The molecule has 1 fully saturated rings. The van der Waals surface area contributed by atoms with Gasteiger partial charge in [0, 0.05) is 17.4 Å². The number of aryl methyl sites for hydroxylation is 1. The highest BCUT2D eigenvalue weighted by Crippen LogP contribution is 2.18. The van der Waals surface area contributed by atoms with E-state index in [9.17, 15) is 9.59 Å². The van der Waals surface area contributed by atoms with Crippen molar-refractivity contribution in [2.45, 2.75) is 19.4 Å². The van der Waals surface area contributed by atoms with Gasteiger partial charge in [0.2, 0.25) is 0 Å². The Balaban J connectivity index is 2.16. The van der Waals surface area contributed by atoms with E-state index in [4.69, 9.17) is 5.11 Å². The van der Waals surface area contributed by atoms with Gasteiger partial charge in [-0.25, -0.2) is 4.79 Å². The Morgan fingerprint density at radius 1 is 1.33 bits per heavy atom. The minimum Gasteiger partial charge on any atom is -0.478 e. The van der Waals surface area contributed by atoms with Crippen LogP contribution in [0.15, 0.2) is 18.2 Å². The van der Waals surface area contributed by atoms with Crippen molar-refractivity contribution in [3.05, 3.63) is 34.9 Å². The SMILES string of the molecule is Cc1cc(C(=O)O)cc(C(=O)NC2CCSC2)c1. The lowest BCUT2D eigenvalue weighted by molar-refractivity contribution is 0.0696. The van der Waals surface area contributed by atoms with Gasteiger partial charge < -0.3 is 10.4 Å². The molecule has 0 saturated carbocycles. The third-order valence-electron chi connectivity index (χ3n) is 2.85. The third-order valence-corrected chi connectivity index (χ3v) is 4.01. The maximum absolute atomic E-state index is 12.0. The van der Waals surface area contributed by atoms with Gasteiger partial charge in [-0.2, -0.15) is 11.8 Å². The molecule has 1 atom stereocenters. The Labute approximate surface area is 110 Å². The summed E-state index contributed by atoms with van der Waals surface area (Å²) < 4.78 is 0. The lowest BCUT2D eigenvalue weighted by Crippen LogP contribution is -2.34. The fraction of sp³-hybridized carbons (Fsp3) is 0.385. The van der Waals surface area contributed by atoms with Crippen LogP contribution in [-0.4, -0.2) is 34.5 Å². The number of carbonyl (C=O) groups is 2. The predicted octanol–water partition coefficient (Wildman–Crippen LogP) is 1.93. The third kappa shape index (κ3) is 3.04. The molecular weight excluding hydrogens is 250 g/mol. The Kier molecular flexibility index (Phi) is 3.91. The second kappa shape index (κ2) is 5.44. The monoisotopic (exact) mass is 265 g/mol. The zero-order valence-corrected chi connectivity index (χ0v) is 10.9. The normalized spacial score (nSPS) is 18.6. The van der Waals surface area contributed by atoms with Gasteiger partial charge in [-0.15, -0.1) is 0 Å². The van der Waals surface area contributed by atoms with Crippen LogP contribution in [0.2, 0.25) is 0 Å². The summed E-state index contributed by atoms with van der Waals surface area (Å²) in [5, 5.41) is 11.9. The van der Waals surface area contributed by atoms with E-state index in [1.165, 1.54) is 6.07 Å². The van der Waals surface area contributed by atoms with Crippen molar-refractivity contribution in [2.75, 3.05) is 11.5 Å². The summed E-state index contributed by atoms with van der Waals surface area (Å²) in [6.45, 7) is 1.79. The lowest BCUT2D eigenvalue weighted by Gasteiger charge is -2.12. The van der Waals surface area contributed by atoms with Crippen molar-refractivity contribution in [2.24, 2.45) is 0 Å². The largest absolute Gasteiger partial charge is 0.478 e. The second-order valence-electron chi connectivity index (χ2n) is 4.43. The van der Waals surface area contributed by atoms with E-state index < -0.39 is 5.97 Å². The molecular formula is C13H15NO3S. The molecule has 5 heteroatoms. The smallest absolute Gasteiger partial charge is 0.335 e. The molecule has 1 amide bonds. The van der Waals surface area contributed by atoms with E-state index in [1.54, 1.807) is 19.1 Å². The molecule has 0 aromatic heterocycles. The molecule has 2 rings (SSSR count). The van der Waals surface area contributed by atoms with Crippen molar-refractivity contribution in [1.82, 2.24) is 5.32 Å². The van der Waals surface area contributed by atoms with Crippen LogP contribution in [0.1, 0.15) is 32.7 Å². The van der Waals surface area contributed by atoms with Crippen LogP contribution >= 0.6 is 11.8 Å². The van der Waals surface area contributed by atoms with Gasteiger partial charge >= 0.3 is 5.97 Å². The van der Waals surface area contributed by atoms with E-state index in [0.29, 0.717) is 5.56 Å². The number of hydrogen-bond donors (Lipinski definition) is 2. The molecule has 1 aliphatic heterocycles. The van der Waals surface area contributed by atoms with Gasteiger partial charge in [0.25, 0.3) is 5.91 Å². The zero-order chi connectivity index (χ0) is 13.1. The van der Waals surface area contributed by atoms with Gasteiger partial charge in [-0.05, 0) is 42.9 Å². The lowest BCUT2D eigenvalue weighted by atomic mass is 10.1. The maximum atomic E-state index is 12.0. The summed E-state index contributed by atoms with van der Waals surface area (Å²) in [5.41, 5.74) is 1.35. The Bertz CT molecular complexity index is 481. The first kappa shape index (κ1) is 13.0. The minimum absolute atomic E-state index is 0.154. The molecule has 0 spiro atoms. The summed E-state index contributed by atoms with van der Waals surface area (Å²) in [6, 6.07) is 4.90. The summed E-state index contributed by atoms with van der Waals surface area (Å²) in [6.07, 6.45) is 0.980. The molecule has 1 heterocycles. The summed E-state index contributed by atoms with van der Waals surface area (Å²) in [5.74, 6) is 0.806. The van der Waals surface area contributed by atoms with Crippen LogP contribution < -0.4 is 5.32 Å². The standard InChI is InChI=1S/C13H15NO3S/c1-8-4-9(6-10(5-8)13(16)17)12(15)14-11-2-3-18-7-11/h4-6,11H,2-3,7H2,1H3,(H,14,15)(H,16,17). The minimum atomic E-state index is -1.01. The van der Waals surface area contributed by atoms with Crippen LogP contribution in [0.25, 0.3) is 0 Å². The summed E-state index contributed by atoms with van der Waals surface area (Å²) in [7, 11) is 0. The summed E-state index contributed by atoms with van der Waals surface area (Å²) in [4.78, 5) is 23.0. The number of hydrogen-bond acceptors (Lipinski definition) is 3. The van der Waals surface area contributed by atoms with Crippen LogP contribution in [0.3, 0.4) is 0 Å². The molecule has 0 bridgehead atoms. The van der Waals surface area contributed by atoms with Crippen molar-refractivity contribution in [1.29, 1.82) is 0 Å². The van der Waals surface area contributed by atoms with E-state index in [-0.39, 0.29) is 17.5 Å². The van der Waals surface area contributed by atoms with Gasteiger partial charge in [-0.3, -0.25) is 4.79 Å². The fourth-order valence-electron chi connectivity index (χ4n) is 1.95. The topological polar surface area (TPSA) is 66.4 Å². The highest BCUT2D eigenvalue weighted by molar-refractivity contribution is 7.99. The molecule has 0 aliphatic carbocycles. The molecule has 1 aliphatic rings. The van der Waals surface area contributed by atoms with Crippen molar-refractivity contribution < 1.29 is 14.7 Å². The van der Waals surface area contributed by atoms with Crippen molar-refractivity contribution in [3.8, 4) is 0 Å². The molecule has 1 aromatic carbocycles. The molecule has 96 valence electrons. The number of nitrogens with one attached hydrogen (secondary N) is 1. The van der Waals surface area contributed by atoms with Gasteiger partial charge in [0.1, 0.15) is 0 Å². The number of carbonyl (C=O) groups excluding carboxylic acids is 1. The second-order valence-corrected chi connectivity index (χ2v) is 5.58.